The minimum Gasteiger partial charge on any atom is -0.310 e. The van der Waals surface area contributed by atoms with E-state index in [0.717, 1.165) is 12.1 Å². The van der Waals surface area contributed by atoms with E-state index < -0.39 is 26.0 Å². The highest BCUT2D eigenvalue weighted by molar-refractivity contribution is 7.91. The fraction of sp³-hybridized carbons (Fsp3) is 0.200. The van der Waals surface area contributed by atoms with Crippen LogP contribution in [0.5, 0.6) is 0 Å². The monoisotopic (exact) mass is 338 g/mol. The van der Waals surface area contributed by atoms with Crippen molar-refractivity contribution in [3.63, 3.8) is 0 Å². The quantitative estimate of drug-likeness (QED) is 0.855. The van der Waals surface area contributed by atoms with Gasteiger partial charge < -0.3 is 4.57 Å². The number of pyridine rings is 1. The molecular formula is C15H12F2N2O3S. The van der Waals surface area contributed by atoms with E-state index in [0.29, 0.717) is 11.1 Å². The lowest BCUT2D eigenvalue weighted by molar-refractivity contribution is 0.234. The molecule has 0 saturated heterocycles. The molecule has 1 heterocycles. The molecule has 0 bridgehead atoms. The van der Waals surface area contributed by atoms with E-state index in [1.165, 1.54) is 22.9 Å². The molecule has 0 atom stereocenters. The minimum atomic E-state index is -4.64. The van der Waals surface area contributed by atoms with E-state index in [1.807, 2.05) is 6.07 Å². The Morgan fingerprint density at radius 2 is 1.83 bits per heavy atom. The number of hydrogen-bond donors (Lipinski definition) is 0. The fourth-order valence-electron chi connectivity index (χ4n) is 2.01. The summed E-state index contributed by atoms with van der Waals surface area (Å²) < 4.78 is 48.9. The number of rotatable bonds is 4. The first-order valence-corrected chi connectivity index (χ1v) is 8.03. The lowest BCUT2D eigenvalue weighted by Gasteiger charge is -2.08. The van der Waals surface area contributed by atoms with Gasteiger partial charge in [0.2, 0.25) is 9.84 Å². The van der Waals surface area contributed by atoms with Gasteiger partial charge in [0.05, 0.1) is 11.4 Å². The van der Waals surface area contributed by atoms with E-state index in [4.69, 9.17) is 5.26 Å². The third kappa shape index (κ3) is 3.29. The van der Waals surface area contributed by atoms with Gasteiger partial charge in [-0.05, 0) is 36.2 Å². The number of benzene rings is 1. The van der Waals surface area contributed by atoms with Crippen LogP contribution in [0.25, 0.3) is 0 Å². The topological polar surface area (TPSA) is 79.9 Å². The molecule has 0 saturated carbocycles. The van der Waals surface area contributed by atoms with E-state index in [1.54, 1.807) is 13.0 Å². The number of alkyl halides is 2. The molecule has 2 aromatic rings. The molecule has 0 aliphatic carbocycles. The molecule has 5 nitrogen and oxygen atoms in total. The molecule has 1 aromatic heterocycles. The van der Waals surface area contributed by atoms with Gasteiger partial charge in [-0.3, -0.25) is 4.79 Å². The molecule has 120 valence electrons. The van der Waals surface area contributed by atoms with Crippen LogP contribution in [0.3, 0.4) is 0 Å². The van der Waals surface area contributed by atoms with Gasteiger partial charge in [-0.2, -0.15) is 14.0 Å². The Morgan fingerprint density at radius 3 is 2.35 bits per heavy atom. The molecule has 23 heavy (non-hydrogen) atoms. The normalized spacial score (nSPS) is 11.4. The molecule has 0 radical (unpaired) electrons. The molecular weight excluding hydrogens is 326 g/mol. The zero-order chi connectivity index (χ0) is 17.2. The predicted octanol–water partition coefficient (Wildman–Crippen LogP) is 2.07. The Hall–Kier alpha value is -2.53. The van der Waals surface area contributed by atoms with Crippen LogP contribution in [0.1, 0.15) is 16.7 Å². The van der Waals surface area contributed by atoms with Gasteiger partial charge in [-0.1, -0.05) is 12.1 Å². The van der Waals surface area contributed by atoms with E-state index in [-0.39, 0.29) is 12.1 Å². The van der Waals surface area contributed by atoms with Crippen LogP contribution in [0, 0.1) is 18.3 Å². The lowest BCUT2D eigenvalue weighted by Crippen LogP contribution is -2.23. The van der Waals surface area contributed by atoms with Gasteiger partial charge in [0.1, 0.15) is 11.6 Å². The van der Waals surface area contributed by atoms with Crippen molar-refractivity contribution in [2.24, 2.45) is 0 Å². The average molecular weight is 338 g/mol. The standard InChI is InChI=1S/C15H12F2N2O3S/c1-10-6-7-19(14(20)13(10)8-18)9-11-2-4-12(5-3-11)23(21,22)15(16)17/h2-7,15H,9H2,1H3. The zero-order valence-electron chi connectivity index (χ0n) is 12.0. The number of aryl methyl sites for hydroxylation is 1. The third-order valence-corrected chi connectivity index (χ3v) is 4.72. The van der Waals surface area contributed by atoms with Gasteiger partial charge in [-0.15, -0.1) is 0 Å². The van der Waals surface area contributed by atoms with E-state index in [9.17, 15) is 22.0 Å². The second-order valence-electron chi connectivity index (χ2n) is 4.87. The summed E-state index contributed by atoms with van der Waals surface area (Å²) in [5, 5.41) is 8.97. The molecule has 0 aliphatic rings. The Morgan fingerprint density at radius 1 is 1.22 bits per heavy atom. The van der Waals surface area contributed by atoms with Crippen molar-refractivity contribution >= 4 is 9.84 Å². The maximum absolute atomic E-state index is 12.5. The summed E-state index contributed by atoms with van der Waals surface area (Å²) in [6.07, 6.45) is 1.52. The summed E-state index contributed by atoms with van der Waals surface area (Å²) in [5.74, 6) is -3.48. The van der Waals surface area contributed by atoms with Crippen molar-refractivity contribution < 1.29 is 17.2 Å². The lowest BCUT2D eigenvalue weighted by atomic mass is 10.1. The van der Waals surface area contributed by atoms with Gasteiger partial charge in [0.25, 0.3) is 5.56 Å². The van der Waals surface area contributed by atoms with E-state index in [2.05, 4.69) is 0 Å². The van der Waals surface area contributed by atoms with Gasteiger partial charge in [-0.25, -0.2) is 8.42 Å². The highest BCUT2D eigenvalue weighted by Crippen LogP contribution is 2.18. The van der Waals surface area contributed by atoms with Gasteiger partial charge in [0, 0.05) is 6.20 Å². The molecule has 1 aromatic carbocycles. The van der Waals surface area contributed by atoms with Crippen LogP contribution in [0.4, 0.5) is 8.78 Å². The van der Waals surface area contributed by atoms with Crippen LogP contribution < -0.4 is 5.56 Å². The molecule has 0 N–H and O–H groups in total. The largest absolute Gasteiger partial charge is 0.341 e. The summed E-state index contributed by atoms with van der Waals surface area (Å²) >= 11 is 0. The molecule has 2 rings (SSSR count). The summed E-state index contributed by atoms with van der Waals surface area (Å²) in [7, 11) is -4.64. The van der Waals surface area contributed by atoms with Crippen LogP contribution in [-0.2, 0) is 16.4 Å². The number of nitriles is 1. The Bertz CT molecular complexity index is 927. The minimum absolute atomic E-state index is 0.0319. The van der Waals surface area contributed by atoms with Crippen molar-refractivity contribution in [1.82, 2.24) is 4.57 Å². The number of hydrogen-bond acceptors (Lipinski definition) is 4. The molecule has 0 aliphatic heterocycles. The van der Waals surface area contributed by atoms with Crippen molar-refractivity contribution in [2.45, 2.75) is 24.1 Å². The number of halogens is 2. The first-order valence-electron chi connectivity index (χ1n) is 6.48. The Labute approximate surface area is 131 Å². The van der Waals surface area contributed by atoms with Crippen LogP contribution >= 0.6 is 0 Å². The molecule has 0 fully saturated rings. The van der Waals surface area contributed by atoms with Crippen LogP contribution in [-0.4, -0.2) is 18.7 Å². The predicted molar refractivity (Wildman–Crippen MR) is 78.9 cm³/mol. The van der Waals surface area contributed by atoms with Crippen molar-refractivity contribution in [2.75, 3.05) is 0 Å². The summed E-state index contributed by atoms with van der Waals surface area (Å²) in [5.41, 5.74) is 0.682. The van der Waals surface area contributed by atoms with Crippen LogP contribution in [0.15, 0.2) is 46.2 Å². The van der Waals surface area contributed by atoms with Crippen LogP contribution in [0.2, 0.25) is 0 Å². The van der Waals surface area contributed by atoms with Crippen molar-refractivity contribution in [3.05, 3.63) is 63.6 Å². The zero-order valence-corrected chi connectivity index (χ0v) is 12.8. The molecule has 0 spiro atoms. The van der Waals surface area contributed by atoms with Gasteiger partial charge in [0.15, 0.2) is 0 Å². The Balaban J connectivity index is 2.34. The first kappa shape index (κ1) is 16.8. The summed E-state index contributed by atoms with van der Waals surface area (Å²) in [6, 6.07) is 8.31. The number of aromatic nitrogens is 1. The first-order chi connectivity index (χ1) is 10.8. The third-order valence-electron chi connectivity index (χ3n) is 3.32. The van der Waals surface area contributed by atoms with Crippen molar-refractivity contribution in [3.8, 4) is 6.07 Å². The molecule has 0 amide bonds. The Kier molecular flexibility index (Phi) is 4.61. The SMILES string of the molecule is Cc1ccn(Cc2ccc(S(=O)(=O)C(F)F)cc2)c(=O)c1C#N. The second kappa shape index (κ2) is 6.30. The summed E-state index contributed by atoms with van der Waals surface area (Å²) in [6.45, 7) is 1.75. The smallest absolute Gasteiger partial charge is 0.310 e. The molecule has 0 unspecified atom stereocenters. The highest BCUT2D eigenvalue weighted by Gasteiger charge is 2.26. The van der Waals surface area contributed by atoms with Gasteiger partial charge >= 0.3 is 5.76 Å². The maximum Gasteiger partial charge on any atom is 0.341 e. The summed E-state index contributed by atoms with van der Waals surface area (Å²) in [4.78, 5) is 11.6. The fourth-order valence-corrected chi connectivity index (χ4v) is 2.73. The number of nitrogens with zero attached hydrogens (tertiary/aromatic N) is 2. The molecule has 8 heteroatoms. The maximum atomic E-state index is 12.5. The number of sulfone groups is 1. The average Bonchev–Trinajstić information content (AvgIpc) is 2.51. The van der Waals surface area contributed by atoms with E-state index >= 15 is 0 Å². The second-order valence-corrected chi connectivity index (χ2v) is 6.79. The highest BCUT2D eigenvalue weighted by atomic mass is 32.2. The van der Waals surface area contributed by atoms with Crippen molar-refractivity contribution in [1.29, 1.82) is 5.26 Å².